The van der Waals surface area contributed by atoms with Crippen molar-refractivity contribution < 1.29 is 9.59 Å². The van der Waals surface area contributed by atoms with Crippen LogP contribution in [0.15, 0.2) is 24.3 Å². The Hall–Kier alpha value is -2.28. The molecule has 1 aliphatic heterocycles. The average molecular weight is 347 g/mol. The standard InChI is InChI=1S/C18H29N5O2/c1-22(2)16-9-4-3-8-15(16)21-18(25)20-10-6-12-23-11-5-7-14(13-23)17(19)24/h3-4,8-9,14H,5-7,10-13H2,1-2H3,(H2,19,24)(H2,20,21,25). The number of para-hydroxylation sites is 2. The number of anilines is 2. The first kappa shape index (κ1) is 19.1. The van der Waals surface area contributed by atoms with Crippen LogP contribution in [0.4, 0.5) is 16.2 Å². The van der Waals surface area contributed by atoms with Crippen molar-refractivity contribution in [2.75, 3.05) is 50.5 Å². The van der Waals surface area contributed by atoms with Crippen LogP contribution in [0.1, 0.15) is 19.3 Å². The molecule has 0 aliphatic carbocycles. The Labute approximate surface area is 149 Å². The molecular weight excluding hydrogens is 318 g/mol. The molecule has 0 spiro atoms. The van der Waals surface area contributed by atoms with Gasteiger partial charge in [0.25, 0.3) is 0 Å². The van der Waals surface area contributed by atoms with Gasteiger partial charge in [-0.15, -0.1) is 0 Å². The fourth-order valence-electron chi connectivity index (χ4n) is 3.13. The van der Waals surface area contributed by atoms with Crippen LogP contribution in [0, 0.1) is 5.92 Å². The van der Waals surface area contributed by atoms with E-state index in [0.717, 1.165) is 50.3 Å². The van der Waals surface area contributed by atoms with Gasteiger partial charge in [0.15, 0.2) is 0 Å². The van der Waals surface area contributed by atoms with Crippen LogP contribution < -0.4 is 21.3 Å². The molecule has 138 valence electrons. The molecule has 4 N–H and O–H groups in total. The molecule has 7 heteroatoms. The number of hydrogen-bond acceptors (Lipinski definition) is 4. The third kappa shape index (κ3) is 5.94. The highest BCUT2D eigenvalue weighted by atomic mass is 16.2. The highest BCUT2D eigenvalue weighted by molar-refractivity contribution is 5.93. The molecule has 1 aliphatic rings. The molecule has 1 atom stereocenters. The normalized spacial score (nSPS) is 17.8. The molecular formula is C18H29N5O2. The lowest BCUT2D eigenvalue weighted by molar-refractivity contribution is -0.123. The third-order valence-electron chi connectivity index (χ3n) is 4.48. The number of rotatable bonds is 7. The van der Waals surface area contributed by atoms with Gasteiger partial charge in [-0.25, -0.2) is 4.79 Å². The molecule has 3 amide bonds. The molecule has 1 fully saturated rings. The number of carbonyl (C=O) groups is 2. The van der Waals surface area contributed by atoms with Gasteiger partial charge < -0.3 is 26.2 Å². The van der Waals surface area contributed by atoms with Gasteiger partial charge in [-0.05, 0) is 44.5 Å². The highest BCUT2D eigenvalue weighted by Crippen LogP contribution is 2.23. The van der Waals surface area contributed by atoms with Crippen molar-refractivity contribution in [3.63, 3.8) is 0 Å². The topological polar surface area (TPSA) is 90.7 Å². The molecule has 0 aromatic heterocycles. The van der Waals surface area contributed by atoms with Crippen LogP contribution in [-0.4, -0.2) is 57.1 Å². The summed E-state index contributed by atoms with van der Waals surface area (Å²) in [5.41, 5.74) is 7.14. The molecule has 7 nitrogen and oxygen atoms in total. The Bertz CT molecular complexity index is 591. The Morgan fingerprint density at radius 3 is 2.80 bits per heavy atom. The zero-order chi connectivity index (χ0) is 18.2. The van der Waals surface area contributed by atoms with Crippen LogP contribution in [0.5, 0.6) is 0 Å². The predicted molar refractivity (Wildman–Crippen MR) is 101 cm³/mol. The summed E-state index contributed by atoms with van der Waals surface area (Å²) in [5.74, 6) is -0.241. The van der Waals surface area contributed by atoms with Crippen LogP contribution in [0.2, 0.25) is 0 Å². The number of nitrogens with one attached hydrogen (secondary N) is 2. The zero-order valence-corrected chi connectivity index (χ0v) is 15.1. The third-order valence-corrected chi connectivity index (χ3v) is 4.48. The maximum atomic E-state index is 12.1. The van der Waals surface area contributed by atoms with Crippen molar-refractivity contribution in [3.05, 3.63) is 24.3 Å². The van der Waals surface area contributed by atoms with Gasteiger partial charge in [-0.1, -0.05) is 12.1 Å². The average Bonchev–Trinajstić information content (AvgIpc) is 2.59. The van der Waals surface area contributed by atoms with E-state index >= 15 is 0 Å². The van der Waals surface area contributed by atoms with Crippen molar-refractivity contribution in [3.8, 4) is 0 Å². The summed E-state index contributed by atoms with van der Waals surface area (Å²) in [6.45, 7) is 3.18. The van der Waals surface area contributed by atoms with E-state index in [1.54, 1.807) is 0 Å². The van der Waals surface area contributed by atoms with Gasteiger partial charge in [-0.2, -0.15) is 0 Å². The largest absolute Gasteiger partial charge is 0.376 e. The van der Waals surface area contributed by atoms with Gasteiger partial charge in [0.05, 0.1) is 17.3 Å². The first-order valence-electron chi connectivity index (χ1n) is 8.80. The molecule has 0 bridgehead atoms. The first-order chi connectivity index (χ1) is 12.0. The van der Waals surface area contributed by atoms with E-state index in [1.807, 2.05) is 43.3 Å². The number of nitrogens with zero attached hydrogens (tertiary/aromatic N) is 2. The van der Waals surface area contributed by atoms with E-state index in [1.165, 1.54) is 0 Å². The molecule has 1 aromatic carbocycles. The number of benzene rings is 1. The molecule has 2 rings (SSSR count). The van der Waals surface area contributed by atoms with Crippen LogP contribution in [-0.2, 0) is 4.79 Å². The quantitative estimate of drug-likeness (QED) is 0.651. The molecule has 0 saturated carbocycles. The summed E-state index contributed by atoms with van der Waals surface area (Å²) in [6, 6.07) is 7.47. The van der Waals surface area contributed by atoms with Crippen molar-refractivity contribution in [1.82, 2.24) is 10.2 Å². The SMILES string of the molecule is CN(C)c1ccccc1NC(=O)NCCCN1CCCC(C(N)=O)C1. The van der Waals surface area contributed by atoms with E-state index in [4.69, 9.17) is 5.73 Å². The van der Waals surface area contributed by atoms with Gasteiger partial charge >= 0.3 is 6.03 Å². The van der Waals surface area contributed by atoms with Gasteiger partial charge in [0.1, 0.15) is 0 Å². The number of piperidine rings is 1. The van der Waals surface area contributed by atoms with Crippen LogP contribution >= 0.6 is 0 Å². The lowest BCUT2D eigenvalue weighted by Crippen LogP contribution is -2.42. The second-order valence-electron chi connectivity index (χ2n) is 6.69. The Morgan fingerprint density at radius 1 is 1.32 bits per heavy atom. The summed E-state index contributed by atoms with van der Waals surface area (Å²) in [5, 5.41) is 5.77. The Morgan fingerprint density at radius 2 is 2.08 bits per heavy atom. The monoisotopic (exact) mass is 347 g/mol. The molecule has 25 heavy (non-hydrogen) atoms. The Balaban J connectivity index is 1.70. The minimum Gasteiger partial charge on any atom is -0.376 e. The van der Waals surface area contributed by atoms with Gasteiger partial charge in [-0.3, -0.25) is 4.79 Å². The van der Waals surface area contributed by atoms with E-state index in [9.17, 15) is 9.59 Å². The number of amides is 3. The predicted octanol–water partition coefficient (Wildman–Crippen LogP) is 1.46. The second kappa shape index (κ2) is 9.27. The number of nitrogens with two attached hydrogens (primary N) is 1. The van der Waals surface area contributed by atoms with E-state index in [-0.39, 0.29) is 17.9 Å². The van der Waals surface area contributed by atoms with Gasteiger partial charge in [0, 0.05) is 27.2 Å². The van der Waals surface area contributed by atoms with E-state index < -0.39 is 0 Å². The molecule has 1 aromatic rings. The molecule has 0 radical (unpaired) electrons. The number of likely N-dealkylation sites (tertiary alicyclic amines) is 1. The number of primary amides is 1. The fourth-order valence-corrected chi connectivity index (χ4v) is 3.13. The molecule has 1 saturated heterocycles. The second-order valence-corrected chi connectivity index (χ2v) is 6.69. The van der Waals surface area contributed by atoms with Crippen molar-refractivity contribution in [2.45, 2.75) is 19.3 Å². The molecule has 1 unspecified atom stereocenters. The first-order valence-corrected chi connectivity index (χ1v) is 8.80. The minimum atomic E-state index is -0.207. The summed E-state index contributed by atoms with van der Waals surface area (Å²) in [4.78, 5) is 27.6. The van der Waals surface area contributed by atoms with Gasteiger partial charge in [0.2, 0.25) is 5.91 Å². The number of carbonyl (C=O) groups excluding carboxylic acids is 2. The fraction of sp³-hybridized carbons (Fsp3) is 0.556. The maximum absolute atomic E-state index is 12.1. The Kier molecular flexibility index (Phi) is 7.06. The summed E-state index contributed by atoms with van der Waals surface area (Å²) < 4.78 is 0. The summed E-state index contributed by atoms with van der Waals surface area (Å²) in [7, 11) is 3.88. The summed E-state index contributed by atoms with van der Waals surface area (Å²) >= 11 is 0. The number of urea groups is 1. The minimum absolute atomic E-state index is 0.0347. The van der Waals surface area contributed by atoms with Crippen molar-refractivity contribution >= 4 is 23.3 Å². The lowest BCUT2D eigenvalue weighted by Gasteiger charge is -2.31. The van der Waals surface area contributed by atoms with Crippen LogP contribution in [0.25, 0.3) is 0 Å². The summed E-state index contributed by atoms with van der Waals surface area (Å²) in [6.07, 6.45) is 2.73. The van der Waals surface area contributed by atoms with Crippen molar-refractivity contribution in [2.24, 2.45) is 11.7 Å². The maximum Gasteiger partial charge on any atom is 0.319 e. The van der Waals surface area contributed by atoms with Crippen molar-refractivity contribution in [1.29, 1.82) is 0 Å². The van der Waals surface area contributed by atoms with E-state index in [2.05, 4.69) is 15.5 Å². The number of hydrogen-bond donors (Lipinski definition) is 3. The van der Waals surface area contributed by atoms with E-state index in [0.29, 0.717) is 6.54 Å². The zero-order valence-electron chi connectivity index (χ0n) is 15.1. The smallest absolute Gasteiger partial charge is 0.319 e. The highest BCUT2D eigenvalue weighted by Gasteiger charge is 2.23. The molecule has 1 heterocycles. The lowest BCUT2D eigenvalue weighted by atomic mass is 9.97. The van der Waals surface area contributed by atoms with Crippen LogP contribution in [0.3, 0.4) is 0 Å².